The molecule has 0 heterocycles. The normalized spacial score (nSPS) is 11.4. The van der Waals surface area contributed by atoms with Gasteiger partial charge in [0, 0.05) is 41.0 Å². The summed E-state index contributed by atoms with van der Waals surface area (Å²) in [5.41, 5.74) is 9.17. The lowest BCUT2D eigenvalue weighted by Gasteiger charge is -2.14. The zero-order valence-corrected chi connectivity index (χ0v) is 21.4. The number of carbonyl (C=O) groups is 3. The second-order valence-corrected chi connectivity index (χ2v) is 8.45. The number of alkyl halides is 3. The van der Waals surface area contributed by atoms with Gasteiger partial charge in [0.05, 0.1) is 6.54 Å². The molecule has 0 aromatic heterocycles. The van der Waals surface area contributed by atoms with Crippen LogP contribution >= 0.6 is 0 Å². The molecule has 7 N–H and O–H groups in total. The lowest BCUT2D eigenvalue weighted by molar-refractivity contribution is -0.274. The first-order valence-electron chi connectivity index (χ1n) is 12.1. The minimum absolute atomic E-state index is 0.00502. The zero-order valence-electron chi connectivity index (χ0n) is 21.4. The molecule has 0 aliphatic rings. The fourth-order valence-corrected chi connectivity index (χ4v) is 3.43. The second kappa shape index (κ2) is 14.5. The van der Waals surface area contributed by atoms with Crippen LogP contribution < -0.4 is 31.9 Å². The van der Waals surface area contributed by atoms with Crippen molar-refractivity contribution in [3.05, 3.63) is 95.1 Å². The average molecular weight is 570 g/mol. The maximum Gasteiger partial charge on any atom is 0.573 e. The summed E-state index contributed by atoms with van der Waals surface area (Å²) >= 11 is 0. The van der Waals surface area contributed by atoms with Gasteiger partial charge in [0.25, 0.3) is 11.8 Å². The van der Waals surface area contributed by atoms with Crippen molar-refractivity contribution in [1.82, 2.24) is 16.1 Å². The number of para-hydroxylation sites is 1. The van der Waals surface area contributed by atoms with Crippen molar-refractivity contribution in [2.24, 2.45) is 5.73 Å². The lowest BCUT2D eigenvalue weighted by Crippen LogP contribution is -2.50. The van der Waals surface area contributed by atoms with Crippen molar-refractivity contribution in [2.75, 3.05) is 18.4 Å². The van der Waals surface area contributed by atoms with E-state index in [0.717, 1.165) is 0 Å². The molecule has 41 heavy (non-hydrogen) atoms. The lowest BCUT2D eigenvalue weighted by atomic mass is 10.1. The highest BCUT2D eigenvalue weighted by Gasteiger charge is 2.31. The fraction of sp³-hybridized carbons (Fsp3) is 0.179. The van der Waals surface area contributed by atoms with Crippen molar-refractivity contribution < 1.29 is 37.5 Å². The summed E-state index contributed by atoms with van der Waals surface area (Å²) in [5, 5.41) is 16.6. The Labute approximate surface area is 233 Å². The predicted molar refractivity (Wildman–Crippen MR) is 143 cm³/mol. The first-order valence-corrected chi connectivity index (χ1v) is 12.1. The minimum Gasteiger partial charge on any atom is -0.405 e. The van der Waals surface area contributed by atoms with E-state index in [-0.39, 0.29) is 36.5 Å². The molecule has 0 saturated heterocycles. The maximum atomic E-state index is 12.5. The van der Waals surface area contributed by atoms with Crippen molar-refractivity contribution >= 4 is 23.4 Å². The Morgan fingerprint density at radius 1 is 0.927 bits per heavy atom. The number of hydrogen-bond donors (Lipinski definition) is 6. The summed E-state index contributed by atoms with van der Waals surface area (Å²) in [6.45, 7) is -0.341. The van der Waals surface area contributed by atoms with Crippen LogP contribution in [-0.2, 0) is 16.1 Å². The maximum absolute atomic E-state index is 12.5. The van der Waals surface area contributed by atoms with E-state index in [1.54, 1.807) is 42.5 Å². The predicted octanol–water partition coefficient (Wildman–Crippen LogP) is 2.28. The molecule has 10 nitrogen and oxygen atoms in total. The third-order valence-electron chi connectivity index (χ3n) is 5.43. The minimum atomic E-state index is -4.81. The molecule has 0 aliphatic heterocycles. The van der Waals surface area contributed by atoms with E-state index in [4.69, 9.17) is 10.9 Å². The number of amides is 3. The summed E-state index contributed by atoms with van der Waals surface area (Å²) < 4.78 is 41.6. The Balaban J connectivity index is 1.49. The molecular weight excluding hydrogens is 543 g/mol. The Kier molecular flexibility index (Phi) is 10.8. The van der Waals surface area contributed by atoms with Gasteiger partial charge in [0.15, 0.2) is 0 Å². The first kappa shape index (κ1) is 30.6. The number of anilines is 1. The van der Waals surface area contributed by atoms with Gasteiger partial charge >= 0.3 is 6.36 Å². The molecule has 0 spiro atoms. The molecule has 0 fully saturated rings. The standard InChI is InChI=1S/C28H26F3N5O5/c29-28(30,31)41-24-4-2-1-3-21(24)16-33-17-25(37)34-22-13-9-19(10-14-22)6-5-18-7-11-20(12-8-18)26(38)35-23(15-32)27(39)36-40/h1-4,7-14,23,33,40H,15-17,32H2,(H,34,37)(H,35,38)(H,36,39)/t23-/m0/s1. The number of ether oxygens (including phenoxy) is 1. The summed E-state index contributed by atoms with van der Waals surface area (Å²) in [4.78, 5) is 36.0. The number of nitrogens with two attached hydrogens (primary N) is 1. The van der Waals surface area contributed by atoms with E-state index >= 15 is 0 Å². The number of halogens is 3. The molecule has 0 aliphatic carbocycles. The summed E-state index contributed by atoms with van der Waals surface area (Å²) in [6, 6.07) is 17.6. The average Bonchev–Trinajstić information content (AvgIpc) is 2.95. The summed E-state index contributed by atoms with van der Waals surface area (Å²) in [5.74, 6) is 3.81. The van der Waals surface area contributed by atoms with Gasteiger partial charge in [-0.1, -0.05) is 30.0 Å². The molecule has 3 rings (SSSR count). The van der Waals surface area contributed by atoms with Crippen LogP contribution in [0.5, 0.6) is 5.75 Å². The molecule has 3 aromatic rings. The zero-order chi connectivity index (χ0) is 29.8. The van der Waals surface area contributed by atoms with Gasteiger partial charge in [0.1, 0.15) is 11.8 Å². The van der Waals surface area contributed by atoms with Gasteiger partial charge < -0.3 is 26.4 Å². The van der Waals surface area contributed by atoms with Crippen molar-refractivity contribution in [3.63, 3.8) is 0 Å². The monoisotopic (exact) mass is 569 g/mol. The van der Waals surface area contributed by atoms with Gasteiger partial charge in [0.2, 0.25) is 5.91 Å². The summed E-state index contributed by atoms with van der Waals surface area (Å²) in [6.07, 6.45) is -4.81. The highest BCUT2D eigenvalue weighted by atomic mass is 19.4. The van der Waals surface area contributed by atoms with Crippen LogP contribution in [0.2, 0.25) is 0 Å². The first-order chi connectivity index (χ1) is 19.6. The molecule has 3 amide bonds. The number of hydroxylamine groups is 1. The summed E-state index contributed by atoms with van der Waals surface area (Å²) in [7, 11) is 0. The molecular formula is C28H26F3N5O5. The van der Waals surface area contributed by atoms with E-state index in [1.807, 2.05) is 0 Å². The van der Waals surface area contributed by atoms with E-state index < -0.39 is 30.1 Å². The molecule has 0 unspecified atom stereocenters. The van der Waals surface area contributed by atoms with E-state index in [0.29, 0.717) is 16.8 Å². The van der Waals surface area contributed by atoms with E-state index in [1.165, 1.54) is 35.8 Å². The smallest absolute Gasteiger partial charge is 0.405 e. The van der Waals surface area contributed by atoms with Crippen LogP contribution in [0.15, 0.2) is 72.8 Å². The number of rotatable bonds is 10. The molecule has 214 valence electrons. The highest BCUT2D eigenvalue weighted by molar-refractivity contribution is 5.97. The van der Waals surface area contributed by atoms with Crippen molar-refractivity contribution in [2.45, 2.75) is 18.9 Å². The van der Waals surface area contributed by atoms with Crippen LogP contribution in [0.25, 0.3) is 0 Å². The molecule has 13 heteroatoms. The quantitative estimate of drug-likeness (QED) is 0.124. The number of benzene rings is 3. The third-order valence-corrected chi connectivity index (χ3v) is 5.43. The molecule has 1 atom stereocenters. The number of nitrogens with one attached hydrogen (secondary N) is 4. The van der Waals surface area contributed by atoms with Gasteiger partial charge in [-0.05, 0) is 54.6 Å². The van der Waals surface area contributed by atoms with Gasteiger partial charge in [-0.25, -0.2) is 5.48 Å². The molecule has 0 saturated carbocycles. The van der Waals surface area contributed by atoms with E-state index in [9.17, 15) is 27.6 Å². The second-order valence-electron chi connectivity index (χ2n) is 8.45. The SMILES string of the molecule is NC[C@H](NC(=O)c1ccc(C#Cc2ccc(NC(=O)CNCc3ccccc3OC(F)(F)F)cc2)cc1)C(=O)NO. The Hall–Kier alpha value is -4.90. The third kappa shape index (κ3) is 9.97. The van der Waals surface area contributed by atoms with Gasteiger partial charge in [-0.2, -0.15) is 0 Å². The van der Waals surface area contributed by atoms with Crippen LogP contribution in [0.1, 0.15) is 27.0 Å². The molecule has 0 radical (unpaired) electrons. The van der Waals surface area contributed by atoms with E-state index in [2.05, 4.69) is 32.5 Å². The Morgan fingerprint density at radius 2 is 1.54 bits per heavy atom. The Bertz CT molecular complexity index is 1420. The molecule has 0 bridgehead atoms. The van der Waals surface area contributed by atoms with Gasteiger partial charge in [-0.3, -0.25) is 19.6 Å². The van der Waals surface area contributed by atoms with Crippen LogP contribution in [-0.4, -0.2) is 48.4 Å². The van der Waals surface area contributed by atoms with Crippen LogP contribution in [0, 0.1) is 11.8 Å². The van der Waals surface area contributed by atoms with Crippen LogP contribution in [0.3, 0.4) is 0 Å². The largest absolute Gasteiger partial charge is 0.573 e. The number of carbonyl (C=O) groups excluding carboxylic acids is 3. The topological polar surface area (TPSA) is 155 Å². The van der Waals surface area contributed by atoms with Gasteiger partial charge in [-0.15, -0.1) is 13.2 Å². The molecule has 3 aromatic carbocycles. The van der Waals surface area contributed by atoms with Crippen LogP contribution in [0.4, 0.5) is 18.9 Å². The van der Waals surface area contributed by atoms with Crippen molar-refractivity contribution in [1.29, 1.82) is 0 Å². The number of hydrogen-bond acceptors (Lipinski definition) is 7. The highest BCUT2D eigenvalue weighted by Crippen LogP contribution is 2.26. The van der Waals surface area contributed by atoms with Crippen molar-refractivity contribution in [3.8, 4) is 17.6 Å². The Morgan fingerprint density at radius 3 is 2.12 bits per heavy atom. The fourth-order valence-electron chi connectivity index (χ4n) is 3.43.